The molecule has 9 nitrogen and oxygen atoms in total. The monoisotopic (exact) mass is 644 g/mol. The highest BCUT2D eigenvalue weighted by Gasteiger charge is 2.14. The quantitative estimate of drug-likeness (QED) is 0.0465. The molecule has 0 fully saturated rings. The van der Waals surface area contributed by atoms with Crippen LogP contribution in [0.1, 0.15) is 77.6 Å². The molecule has 0 saturated carbocycles. The van der Waals surface area contributed by atoms with E-state index >= 15 is 0 Å². The van der Waals surface area contributed by atoms with E-state index in [9.17, 15) is 14.4 Å². The summed E-state index contributed by atoms with van der Waals surface area (Å²) in [5.74, 6) is 0.429. The lowest BCUT2D eigenvalue weighted by atomic mass is 10.1. The van der Waals surface area contributed by atoms with Crippen LogP contribution in [0.25, 0.3) is 6.08 Å². The van der Waals surface area contributed by atoms with Gasteiger partial charge < -0.3 is 28.4 Å². The molecule has 0 unspecified atom stereocenters. The van der Waals surface area contributed by atoms with Crippen molar-refractivity contribution in [2.24, 2.45) is 0 Å². The number of carbonyl (C=O) groups excluding carboxylic acids is 3. The fraction of sp³-hybridized carbons (Fsp3) is 0.342. The molecule has 0 bridgehead atoms. The summed E-state index contributed by atoms with van der Waals surface area (Å²) in [6, 6.07) is 18.2. The lowest BCUT2D eigenvalue weighted by molar-refractivity contribution is -0.137. The second-order valence-electron chi connectivity index (χ2n) is 10.6. The lowest BCUT2D eigenvalue weighted by Gasteiger charge is -2.11. The summed E-state index contributed by atoms with van der Waals surface area (Å²) in [6.45, 7) is 9.47. The largest absolute Gasteiger partial charge is 0.494 e. The smallest absolute Gasteiger partial charge is 0.343 e. The van der Waals surface area contributed by atoms with Gasteiger partial charge in [-0.15, -0.1) is 0 Å². The van der Waals surface area contributed by atoms with Crippen molar-refractivity contribution in [2.75, 3.05) is 33.5 Å². The Balaban J connectivity index is 1.42. The van der Waals surface area contributed by atoms with Crippen molar-refractivity contribution in [1.29, 1.82) is 0 Å². The molecular weight excluding hydrogens is 600 g/mol. The van der Waals surface area contributed by atoms with E-state index in [4.69, 9.17) is 28.4 Å². The Morgan fingerprint density at radius 3 is 1.60 bits per heavy atom. The van der Waals surface area contributed by atoms with Crippen molar-refractivity contribution < 1.29 is 42.8 Å². The first kappa shape index (κ1) is 36.6. The number of rotatable bonds is 22. The predicted octanol–water partition coefficient (Wildman–Crippen LogP) is 8.02. The third-order valence-corrected chi connectivity index (χ3v) is 7.02. The molecule has 0 N–H and O–H groups in total. The number of methoxy groups -OCH3 is 1. The van der Waals surface area contributed by atoms with Crippen LogP contribution >= 0.6 is 0 Å². The maximum Gasteiger partial charge on any atom is 0.343 e. The normalized spacial score (nSPS) is 10.5. The molecule has 0 amide bonds. The van der Waals surface area contributed by atoms with Crippen LogP contribution in [0, 0.1) is 0 Å². The van der Waals surface area contributed by atoms with Gasteiger partial charge in [-0.05, 0) is 112 Å². The van der Waals surface area contributed by atoms with Gasteiger partial charge >= 0.3 is 17.9 Å². The zero-order valence-corrected chi connectivity index (χ0v) is 27.1. The average molecular weight is 645 g/mol. The SMILES string of the molecule is C=CC(=O)OCCCCCCOc1ccc(C(=O)Oc2ccc(OC(=O)c3ccc(OCCCCCCOC)cc3)cc2C=C)cc1. The lowest BCUT2D eigenvalue weighted by Crippen LogP contribution is -2.10. The minimum Gasteiger partial charge on any atom is -0.494 e. The number of benzene rings is 3. The van der Waals surface area contributed by atoms with Gasteiger partial charge in [0, 0.05) is 25.4 Å². The zero-order valence-electron chi connectivity index (χ0n) is 27.1. The summed E-state index contributed by atoms with van der Waals surface area (Å²) >= 11 is 0. The Labute approximate surface area is 277 Å². The van der Waals surface area contributed by atoms with Gasteiger partial charge in [0.05, 0.1) is 30.9 Å². The molecule has 0 radical (unpaired) electrons. The highest BCUT2D eigenvalue weighted by atomic mass is 16.5. The van der Waals surface area contributed by atoms with Crippen molar-refractivity contribution in [3.63, 3.8) is 0 Å². The molecule has 0 aromatic heterocycles. The van der Waals surface area contributed by atoms with Gasteiger partial charge in [-0.3, -0.25) is 0 Å². The minimum absolute atomic E-state index is 0.282. The van der Waals surface area contributed by atoms with Crippen LogP contribution in [0.2, 0.25) is 0 Å². The summed E-state index contributed by atoms with van der Waals surface area (Å²) < 4.78 is 32.7. The highest BCUT2D eigenvalue weighted by Crippen LogP contribution is 2.27. The van der Waals surface area contributed by atoms with Gasteiger partial charge in [0.1, 0.15) is 23.0 Å². The number of hydrogen-bond acceptors (Lipinski definition) is 9. The van der Waals surface area contributed by atoms with E-state index in [1.807, 2.05) is 0 Å². The van der Waals surface area contributed by atoms with Crippen LogP contribution in [0.15, 0.2) is 86.0 Å². The van der Waals surface area contributed by atoms with Crippen LogP contribution in [-0.4, -0.2) is 51.4 Å². The van der Waals surface area contributed by atoms with Crippen molar-refractivity contribution in [3.05, 3.63) is 103 Å². The van der Waals surface area contributed by atoms with E-state index in [2.05, 4.69) is 13.2 Å². The van der Waals surface area contributed by atoms with Crippen LogP contribution in [0.5, 0.6) is 23.0 Å². The second-order valence-corrected chi connectivity index (χ2v) is 10.6. The van der Waals surface area contributed by atoms with Crippen molar-refractivity contribution in [2.45, 2.75) is 51.4 Å². The van der Waals surface area contributed by atoms with Crippen molar-refractivity contribution >= 4 is 24.0 Å². The van der Waals surface area contributed by atoms with Crippen LogP contribution in [0.4, 0.5) is 0 Å². The fourth-order valence-corrected chi connectivity index (χ4v) is 4.41. The summed E-state index contributed by atoms with van der Waals surface area (Å²) in [5, 5.41) is 0. The third kappa shape index (κ3) is 13.6. The number of hydrogen-bond donors (Lipinski definition) is 0. The molecule has 0 aliphatic rings. The second kappa shape index (κ2) is 21.0. The van der Waals surface area contributed by atoms with E-state index in [0.29, 0.717) is 48.0 Å². The molecule has 0 atom stereocenters. The molecule has 9 heteroatoms. The van der Waals surface area contributed by atoms with Crippen LogP contribution in [-0.2, 0) is 14.3 Å². The summed E-state index contributed by atoms with van der Waals surface area (Å²) in [7, 11) is 1.71. The Bertz CT molecular complexity index is 1430. The van der Waals surface area contributed by atoms with E-state index in [0.717, 1.165) is 64.0 Å². The fourth-order valence-electron chi connectivity index (χ4n) is 4.41. The highest BCUT2D eigenvalue weighted by molar-refractivity contribution is 5.92. The average Bonchev–Trinajstić information content (AvgIpc) is 3.09. The molecule has 0 saturated heterocycles. The summed E-state index contributed by atoms with van der Waals surface area (Å²) in [5.41, 5.74) is 1.23. The summed E-state index contributed by atoms with van der Waals surface area (Å²) in [6.07, 6.45) is 10.4. The molecule has 250 valence electrons. The Hall–Kier alpha value is -4.89. The van der Waals surface area contributed by atoms with E-state index < -0.39 is 17.9 Å². The van der Waals surface area contributed by atoms with Gasteiger partial charge in [0.15, 0.2) is 0 Å². The first-order valence-corrected chi connectivity index (χ1v) is 15.9. The maximum atomic E-state index is 12.8. The van der Waals surface area contributed by atoms with Crippen molar-refractivity contribution in [1.82, 2.24) is 0 Å². The maximum absolute atomic E-state index is 12.8. The Kier molecular flexibility index (Phi) is 16.3. The molecule has 0 heterocycles. The van der Waals surface area contributed by atoms with Gasteiger partial charge in [0.25, 0.3) is 0 Å². The first-order valence-electron chi connectivity index (χ1n) is 15.9. The number of ether oxygens (including phenoxy) is 6. The Morgan fingerprint density at radius 1 is 0.596 bits per heavy atom. The molecule has 0 spiro atoms. The van der Waals surface area contributed by atoms with E-state index in [1.54, 1.807) is 73.8 Å². The molecule has 3 aromatic carbocycles. The number of unbranched alkanes of at least 4 members (excludes halogenated alkanes) is 6. The number of carbonyl (C=O) groups is 3. The molecule has 47 heavy (non-hydrogen) atoms. The molecule has 0 aliphatic heterocycles. The topological polar surface area (TPSA) is 107 Å². The minimum atomic E-state index is -0.546. The van der Waals surface area contributed by atoms with Gasteiger partial charge in [0.2, 0.25) is 0 Å². The van der Waals surface area contributed by atoms with Gasteiger partial charge in [-0.25, -0.2) is 14.4 Å². The zero-order chi connectivity index (χ0) is 33.7. The Morgan fingerprint density at radius 2 is 1.09 bits per heavy atom. The van der Waals surface area contributed by atoms with Crippen molar-refractivity contribution in [3.8, 4) is 23.0 Å². The van der Waals surface area contributed by atoms with Crippen LogP contribution in [0.3, 0.4) is 0 Å². The van der Waals surface area contributed by atoms with Crippen LogP contribution < -0.4 is 18.9 Å². The standard InChI is InChI=1S/C38H44O9/c1-4-29-28-34(46-37(40)30-14-18-32(19-15-30)43-25-11-7-6-10-24-42-3)22-23-35(29)47-38(41)31-16-20-33(21-17-31)44-26-12-8-9-13-27-45-36(39)5-2/h4-5,14-23,28H,1-2,6-13,24-27H2,3H3. The third-order valence-electron chi connectivity index (χ3n) is 7.02. The molecule has 0 aliphatic carbocycles. The summed E-state index contributed by atoms with van der Waals surface area (Å²) in [4.78, 5) is 36.6. The van der Waals surface area contributed by atoms with E-state index in [1.165, 1.54) is 6.08 Å². The molecule has 3 rings (SSSR count). The first-order chi connectivity index (χ1) is 22.9. The number of esters is 3. The predicted molar refractivity (Wildman–Crippen MR) is 180 cm³/mol. The van der Waals surface area contributed by atoms with E-state index in [-0.39, 0.29) is 11.5 Å². The molecule has 3 aromatic rings. The molecular formula is C38H44O9. The van der Waals surface area contributed by atoms with Gasteiger partial charge in [-0.1, -0.05) is 25.7 Å². The van der Waals surface area contributed by atoms with Gasteiger partial charge in [-0.2, -0.15) is 0 Å².